The molecule has 0 aliphatic carbocycles. The van der Waals surface area contributed by atoms with E-state index in [4.69, 9.17) is 5.41 Å². The number of anilines is 1. The van der Waals surface area contributed by atoms with Gasteiger partial charge in [0.05, 0.1) is 0 Å². The van der Waals surface area contributed by atoms with E-state index in [1.807, 2.05) is 39.0 Å². The van der Waals surface area contributed by atoms with Crippen molar-refractivity contribution in [1.82, 2.24) is 10.6 Å². The van der Waals surface area contributed by atoms with Crippen molar-refractivity contribution in [3.8, 4) is 0 Å². The standard InChI is InChI=1S/C12H16Br2N4O/c1-12(2,3)18-11(19)17-10(15)16-9-5-7(13)4-8(14)6-9/h4-6H,1-3H3,(H4,15,16,17,18,19). The van der Waals surface area contributed by atoms with Gasteiger partial charge in [-0.3, -0.25) is 10.7 Å². The Morgan fingerprint density at radius 2 is 1.68 bits per heavy atom. The first-order valence-corrected chi connectivity index (χ1v) is 7.15. The maximum absolute atomic E-state index is 11.6. The molecular formula is C12H16Br2N4O. The molecule has 0 heterocycles. The highest BCUT2D eigenvalue weighted by atomic mass is 79.9. The number of guanidine groups is 1. The van der Waals surface area contributed by atoms with E-state index in [1.54, 1.807) is 0 Å². The van der Waals surface area contributed by atoms with Crippen LogP contribution in [0.4, 0.5) is 10.5 Å². The van der Waals surface area contributed by atoms with Gasteiger partial charge in [-0.2, -0.15) is 0 Å². The molecule has 0 atom stereocenters. The molecule has 104 valence electrons. The smallest absolute Gasteiger partial charge is 0.321 e. The summed E-state index contributed by atoms with van der Waals surface area (Å²) in [7, 11) is 0. The molecule has 0 saturated heterocycles. The van der Waals surface area contributed by atoms with Crippen LogP contribution in [0, 0.1) is 5.41 Å². The summed E-state index contributed by atoms with van der Waals surface area (Å²) < 4.78 is 1.74. The monoisotopic (exact) mass is 390 g/mol. The van der Waals surface area contributed by atoms with Crippen LogP contribution in [0.25, 0.3) is 0 Å². The quantitative estimate of drug-likeness (QED) is 0.435. The van der Waals surface area contributed by atoms with Gasteiger partial charge >= 0.3 is 6.03 Å². The van der Waals surface area contributed by atoms with Crippen molar-refractivity contribution in [2.75, 3.05) is 5.32 Å². The van der Waals surface area contributed by atoms with Crippen molar-refractivity contribution < 1.29 is 4.79 Å². The summed E-state index contributed by atoms with van der Waals surface area (Å²) in [4.78, 5) is 11.6. The largest absolute Gasteiger partial charge is 0.333 e. The van der Waals surface area contributed by atoms with Crippen LogP contribution in [-0.2, 0) is 0 Å². The SMILES string of the molecule is CC(C)(C)NC(=O)NC(=N)Nc1cc(Br)cc(Br)c1. The first kappa shape index (κ1) is 16.0. The van der Waals surface area contributed by atoms with Gasteiger partial charge in [0.25, 0.3) is 0 Å². The van der Waals surface area contributed by atoms with Crippen LogP contribution in [0.2, 0.25) is 0 Å². The number of rotatable bonds is 1. The molecule has 19 heavy (non-hydrogen) atoms. The lowest BCUT2D eigenvalue weighted by atomic mass is 10.1. The van der Waals surface area contributed by atoms with Crippen LogP contribution < -0.4 is 16.0 Å². The van der Waals surface area contributed by atoms with Gasteiger partial charge in [-0.05, 0) is 39.0 Å². The average molecular weight is 392 g/mol. The second kappa shape index (κ2) is 6.38. The van der Waals surface area contributed by atoms with Crippen LogP contribution >= 0.6 is 31.9 Å². The van der Waals surface area contributed by atoms with E-state index in [2.05, 4.69) is 47.8 Å². The molecule has 4 N–H and O–H groups in total. The Morgan fingerprint density at radius 1 is 1.16 bits per heavy atom. The van der Waals surface area contributed by atoms with Crippen LogP contribution in [0.5, 0.6) is 0 Å². The predicted molar refractivity (Wildman–Crippen MR) is 84.6 cm³/mol. The lowest BCUT2D eigenvalue weighted by Crippen LogP contribution is -2.49. The number of benzene rings is 1. The molecule has 1 rings (SSSR count). The van der Waals surface area contributed by atoms with Crippen molar-refractivity contribution in [2.45, 2.75) is 26.3 Å². The molecule has 0 bridgehead atoms. The number of carbonyl (C=O) groups excluding carboxylic acids is 1. The van der Waals surface area contributed by atoms with Crippen LogP contribution in [0.3, 0.4) is 0 Å². The third kappa shape index (κ3) is 6.58. The molecule has 0 saturated carbocycles. The second-order valence-corrected chi connectivity index (χ2v) is 6.82. The number of nitrogens with one attached hydrogen (secondary N) is 4. The topological polar surface area (TPSA) is 77.0 Å². The molecule has 0 unspecified atom stereocenters. The fraction of sp³-hybridized carbons (Fsp3) is 0.333. The van der Waals surface area contributed by atoms with Crippen molar-refractivity contribution >= 4 is 49.5 Å². The minimum atomic E-state index is -0.418. The van der Waals surface area contributed by atoms with Crippen molar-refractivity contribution in [2.24, 2.45) is 0 Å². The average Bonchev–Trinajstić information content (AvgIpc) is 2.10. The van der Waals surface area contributed by atoms with Crippen molar-refractivity contribution in [1.29, 1.82) is 5.41 Å². The molecule has 0 spiro atoms. The van der Waals surface area contributed by atoms with E-state index in [1.165, 1.54) is 0 Å². The highest BCUT2D eigenvalue weighted by molar-refractivity contribution is 9.11. The normalized spacial score (nSPS) is 10.8. The van der Waals surface area contributed by atoms with E-state index in [9.17, 15) is 4.79 Å². The van der Waals surface area contributed by atoms with Crippen molar-refractivity contribution in [3.63, 3.8) is 0 Å². The molecule has 5 nitrogen and oxygen atoms in total. The highest BCUT2D eigenvalue weighted by Gasteiger charge is 2.14. The minimum absolute atomic E-state index is 0.0910. The lowest BCUT2D eigenvalue weighted by Gasteiger charge is -2.21. The first-order valence-electron chi connectivity index (χ1n) is 5.56. The highest BCUT2D eigenvalue weighted by Crippen LogP contribution is 2.23. The van der Waals surface area contributed by atoms with Gasteiger partial charge in [0.1, 0.15) is 0 Å². The Morgan fingerprint density at radius 3 is 2.16 bits per heavy atom. The Labute approximate surface area is 129 Å². The van der Waals surface area contributed by atoms with Gasteiger partial charge in [0.15, 0.2) is 0 Å². The Bertz CT molecular complexity index is 477. The van der Waals surface area contributed by atoms with Gasteiger partial charge in [0, 0.05) is 20.2 Å². The van der Waals surface area contributed by atoms with E-state index >= 15 is 0 Å². The summed E-state index contributed by atoms with van der Waals surface area (Å²) in [5, 5.41) is 15.6. The van der Waals surface area contributed by atoms with Gasteiger partial charge in [0.2, 0.25) is 5.96 Å². The van der Waals surface area contributed by atoms with E-state index < -0.39 is 6.03 Å². The molecule has 0 fully saturated rings. The van der Waals surface area contributed by atoms with Crippen LogP contribution in [0.15, 0.2) is 27.1 Å². The van der Waals surface area contributed by atoms with Crippen LogP contribution in [0.1, 0.15) is 20.8 Å². The van der Waals surface area contributed by atoms with E-state index in [0.717, 1.165) is 8.95 Å². The molecule has 0 aliphatic heterocycles. The minimum Gasteiger partial charge on any atom is -0.333 e. The maximum Gasteiger partial charge on any atom is 0.321 e. The Balaban J connectivity index is 2.58. The summed E-state index contributed by atoms with van der Waals surface area (Å²) in [6.07, 6.45) is 0. The molecule has 7 heteroatoms. The number of halogens is 2. The maximum atomic E-state index is 11.6. The third-order valence-electron chi connectivity index (χ3n) is 1.86. The number of amides is 2. The van der Waals surface area contributed by atoms with Crippen LogP contribution in [-0.4, -0.2) is 17.5 Å². The zero-order valence-corrected chi connectivity index (χ0v) is 14.1. The number of carbonyl (C=O) groups is 1. The molecular weight excluding hydrogens is 376 g/mol. The van der Waals surface area contributed by atoms with E-state index in [-0.39, 0.29) is 11.5 Å². The van der Waals surface area contributed by atoms with Gasteiger partial charge in [-0.25, -0.2) is 4.79 Å². The molecule has 0 aromatic heterocycles. The number of urea groups is 1. The van der Waals surface area contributed by atoms with Crippen molar-refractivity contribution in [3.05, 3.63) is 27.1 Å². The summed E-state index contributed by atoms with van der Waals surface area (Å²) >= 11 is 6.71. The van der Waals surface area contributed by atoms with Gasteiger partial charge in [-0.1, -0.05) is 31.9 Å². The molecule has 1 aromatic rings. The molecule has 2 amide bonds. The lowest BCUT2D eigenvalue weighted by molar-refractivity contribution is 0.236. The zero-order chi connectivity index (χ0) is 14.6. The Kier molecular flexibility index (Phi) is 5.37. The summed E-state index contributed by atoms with van der Waals surface area (Å²) in [6.45, 7) is 5.61. The zero-order valence-electron chi connectivity index (χ0n) is 10.9. The molecule has 1 aromatic carbocycles. The summed E-state index contributed by atoms with van der Waals surface area (Å²) in [6, 6.07) is 5.08. The van der Waals surface area contributed by atoms with Gasteiger partial charge in [-0.15, -0.1) is 0 Å². The summed E-state index contributed by atoms with van der Waals surface area (Å²) in [5.74, 6) is -0.0910. The molecule has 0 radical (unpaired) electrons. The first-order chi connectivity index (χ1) is 8.65. The van der Waals surface area contributed by atoms with Gasteiger partial charge < -0.3 is 10.6 Å². The third-order valence-corrected chi connectivity index (χ3v) is 2.77. The predicted octanol–water partition coefficient (Wildman–Crippen LogP) is 3.66. The summed E-state index contributed by atoms with van der Waals surface area (Å²) in [5.41, 5.74) is 0.353. The molecule has 0 aliphatic rings. The fourth-order valence-corrected chi connectivity index (χ4v) is 2.58. The second-order valence-electron chi connectivity index (χ2n) is 4.99. The van der Waals surface area contributed by atoms with E-state index in [0.29, 0.717) is 5.69 Å². The fourth-order valence-electron chi connectivity index (χ4n) is 1.29. The number of hydrogen-bond acceptors (Lipinski definition) is 2. The Hall–Kier alpha value is -1.08. The number of hydrogen-bond donors (Lipinski definition) is 4.